The number of rotatable bonds is 3. The SMILES string of the molecule is CC(C)(C)NCC(C)(O)C1CCCCCN1. The van der Waals surface area contributed by atoms with Crippen LogP contribution in [-0.4, -0.2) is 35.4 Å². The average molecular weight is 228 g/mol. The molecule has 1 aliphatic rings. The van der Waals surface area contributed by atoms with Crippen molar-refractivity contribution in [3.63, 3.8) is 0 Å². The zero-order valence-corrected chi connectivity index (χ0v) is 11.3. The lowest BCUT2D eigenvalue weighted by Crippen LogP contribution is -2.56. The highest BCUT2D eigenvalue weighted by Crippen LogP contribution is 2.19. The second-order valence-electron chi connectivity index (χ2n) is 6.32. The largest absolute Gasteiger partial charge is 0.387 e. The van der Waals surface area contributed by atoms with E-state index in [0.29, 0.717) is 6.54 Å². The number of aliphatic hydroxyl groups is 1. The second kappa shape index (κ2) is 5.48. The van der Waals surface area contributed by atoms with Crippen LogP contribution in [0.2, 0.25) is 0 Å². The van der Waals surface area contributed by atoms with Crippen molar-refractivity contribution in [2.75, 3.05) is 13.1 Å². The van der Waals surface area contributed by atoms with Gasteiger partial charge in [-0.3, -0.25) is 0 Å². The molecule has 1 rings (SSSR count). The Kier molecular flexibility index (Phi) is 4.77. The first-order valence-corrected chi connectivity index (χ1v) is 6.52. The van der Waals surface area contributed by atoms with Crippen molar-refractivity contribution in [2.24, 2.45) is 0 Å². The van der Waals surface area contributed by atoms with Crippen molar-refractivity contribution in [2.45, 2.75) is 70.6 Å². The lowest BCUT2D eigenvalue weighted by Gasteiger charge is -2.36. The highest BCUT2D eigenvalue weighted by molar-refractivity contribution is 4.92. The van der Waals surface area contributed by atoms with E-state index < -0.39 is 5.60 Å². The van der Waals surface area contributed by atoms with Gasteiger partial charge in [0.25, 0.3) is 0 Å². The van der Waals surface area contributed by atoms with Gasteiger partial charge < -0.3 is 15.7 Å². The van der Waals surface area contributed by atoms with Gasteiger partial charge in [0.2, 0.25) is 0 Å². The molecule has 0 spiro atoms. The predicted molar refractivity (Wildman–Crippen MR) is 68.6 cm³/mol. The smallest absolute Gasteiger partial charge is 0.0895 e. The van der Waals surface area contributed by atoms with Crippen LogP contribution in [0.15, 0.2) is 0 Å². The van der Waals surface area contributed by atoms with Gasteiger partial charge in [-0.05, 0) is 47.1 Å². The molecule has 3 nitrogen and oxygen atoms in total. The Morgan fingerprint density at radius 3 is 2.50 bits per heavy atom. The van der Waals surface area contributed by atoms with Crippen molar-refractivity contribution in [3.05, 3.63) is 0 Å². The van der Waals surface area contributed by atoms with Crippen LogP contribution in [0.25, 0.3) is 0 Å². The molecule has 16 heavy (non-hydrogen) atoms. The molecule has 2 unspecified atom stereocenters. The summed E-state index contributed by atoms with van der Waals surface area (Å²) in [7, 11) is 0. The van der Waals surface area contributed by atoms with Crippen LogP contribution in [0.1, 0.15) is 53.4 Å². The van der Waals surface area contributed by atoms with Gasteiger partial charge in [0.1, 0.15) is 0 Å². The minimum Gasteiger partial charge on any atom is -0.387 e. The summed E-state index contributed by atoms with van der Waals surface area (Å²) in [5, 5.41) is 17.4. The molecule has 0 aliphatic carbocycles. The molecule has 1 fully saturated rings. The van der Waals surface area contributed by atoms with E-state index in [9.17, 15) is 5.11 Å². The maximum Gasteiger partial charge on any atom is 0.0895 e. The highest BCUT2D eigenvalue weighted by atomic mass is 16.3. The van der Waals surface area contributed by atoms with Crippen LogP contribution in [0.4, 0.5) is 0 Å². The number of hydrogen-bond donors (Lipinski definition) is 3. The molecule has 2 atom stereocenters. The highest BCUT2D eigenvalue weighted by Gasteiger charge is 2.32. The average Bonchev–Trinajstić information content (AvgIpc) is 2.42. The van der Waals surface area contributed by atoms with E-state index >= 15 is 0 Å². The van der Waals surface area contributed by atoms with Crippen molar-refractivity contribution < 1.29 is 5.11 Å². The number of nitrogens with one attached hydrogen (secondary N) is 2. The molecule has 0 aromatic carbocycles. The van der Waals surface area contributed by atoms with Crippen LogP contribution < -0.4 is 10.6 Å². The molecule has 0 amide bonds. The van der Waals surface area contributed by atoms with Gasteiger partial charge in [-0.25, -0.2) is 0 Å². The molecule has 0 saturated carbocycles. The quantitative estimate of drug-likeness (QED) is 0.688. The summed E-state index contributed by atoms with van der Waals surface area (Å²) in [5.41, 5.74) is -0.591. The summed E-state index contributed by atoms with van der Waals surface area (Å²) < 4.78 is 0. The molecular formula is C13H28N2O. The third kappa shape index (κ3) is 4.81. The molecule has 3 heteroatoms. The van der Waals surface area contributed by atoms with E-state index in [1.165, 1.54) is 19.3 Å². The van der Waals surface area contributed by atoms with Crippen molar-refractivity contribution in [1.82, 2.24) is 10.6 Å². The van der Waals surface area contributed by atoms with E-state index in [-0.39, 0.29) is 11.6 Å². The zero-order chi connectivity index (χ0) is 12.2. The third-order valence-corrected chi connectivity index (χ3v) is 3.29. The van der Waals surface area contributed by atoms with Gasteiger partial charge >= 0.3 is 0 Å². The Morgan fingerprint density at radius 2 is 1.88 bits per heavy atom. The summed E-state index contributed by atoms with van der Waals surface area (Å²) in [5.74, 6) is 0. The van der Waals surface area contributed by atoms with Gasteiger partial charge in [0, 0.05) is 18.1 Å². The summed E-state index contributed by atoms with van der Waals surface area (Å²) in [6.07, 6.45) is 4.83. The van der Waals surface area contributed by atoms with Gasteiger partial charge in [-0.1, -0.05) is 12.8 Å². The monoisotopic (exact) mass is 228 g/mol. The summed E-state index contributed by atoms with van der Waals surface area (Å²) in [6.45, 7) is 10.0. The van der Waals surface area contributed by atoms with Crippen LogP contribution >= 0.6 is 0 Å². The standard InChI is InChI=1S/C13H28N2O/c1-12(2,3)15-10-13(4,16)11-8-6-5-7-9-14-11/h11,14-16H,5-10H2,1-4H3. The van der Waals surface area contributed by atoms with E-state index in [2.05, 4.69) is 31.4 Å². The normalized spacial score (nSPS) is 27.2. The van der Waals surface area contributed by atoms with Gasteiger partial charge in [0.15, 0.2) is 0 Å². The molecular weight excluding hydrogens is 200 g/mol. The second-order valence-corrected chi connectivity index (χ2v) is 6.32. The molecule has 0 aromatic rings. The molecule has 0 radical (unpaired) electrons. The Bertz CT molecular complexity index is 200. The van der Waals surface area contributed by atoms with Crippen LogP contribution in [0.3, 0.4) is 0 Å². The lowest BCUT2D eigenvalue weighted by molar-refractivity contribution is 0.0133. The Hall–Kier alpha value is -0.120. The molecule has 0 aromatic heterocycles. The van der Waals surface area contributed by atoms with E-state index in [0.717, 1.165) is 13.0 Å². The predicted octanol–water partition coefficient (Wildman–Crippen LogP) is 1.66. The fourth-order valence-electron chi connectivity index (χ4n) is 2.13. The molecule has 1 aliphatic heterocycles. The Labute approximate surface area is 100 Å². The maximum atomic E-state index is 10.5. The fraction of sp³-hybridized carbons (Fsp3) is 1.00. The van der Waals surface area contributed by atoms with E-state index in [1.807, 2.05) is 6.92 Å². The summed E-state index contributed by atoms with van der Waals surface area (Å²) >= 11 is 0. The number of β-amino-alcohol motifs (C(OH)–C–C–N with tert-alkyl or cyclic N) is 1. The van der Waals surface area contributed by atoms with Crippen LogP contribution in [-0.2, 0) is 0 Å². The molecule has 96 valence electrons. The minimum absolute atomic E-state index is 0.0642. The summed E-state index contributed by atoms with van der Waals surface area (Å²) in [4.78, 5) is 0. The Balaban J connectivity index is 2.47. The molecule has 0 bridgehead atoms. The van der Waals surface area contributed by atoms with Crippen molar-refractivity contribution in [1.29, 1.82) is 0 Å². The topological polar surface area (TPSA) is 44.3 Å². The fourth-order valence-corrected chi connectivity index (χ4v) is 2.13. The van der Waals surface area contributed by atoms with Crippen molar-refractivity contribution in [3.8, 4) is 0 Å². The first-order valence-electron chi connectivity index (χ1n) is 6.52. The molecule has 3 N–H and O–H groups in total. The Morgan fingerprint density at radius 1 is 1.19 bits per heavy atom. The van der Waals surface area contributed by atoms with Crippen molar-refractivity contribution >= 4 is 0 Å². The first-order chi connectivity index (χ1) is 7.31. The minimum atomic E-state index is -0.655. The van der Waals surface area contributed by atoms with Crippen LogP contribution in [0, 0.1) is 0 Å². The molecule has 1 heterocycles. The van der Waals surface area contributed by atoms with E-state index in [4.69, 9.17) is 0 Å². The first kappa shape index (κ1) is 13.9. The maximum absolute atomic E-state index is 10.5. The van der Waals surface area contributed by atoms with Crippen LogP contribution in [0.5, 0.6) is 0 Å². The zero-order valence-electron chi connectivity index (χ0n) is 11.3. The third-order valence-electron chi connectivity index (χ3n) is 3.29. The summed E-state index contributed by atoms with van der Waals surface area (Å²) in [6, 6.07) is 0.227. The number of hydrogen-bond acceptors (Lipinski definition) is 3. The van der Waals surface area contributed by atoms with E-state index in [1.54, 1.807) is 0 Å². The van der Waals surface area contributed by atoms with Gasteiger partial charge in [-0.2, -0.15) is 0 Å². The molecule has 1 saturated heterocycles. The lowest BCUT2D eigenvalue weighted by atomic mass is 9.91. The van der Waals surface area contributed by atoms with Gasteiger partial charge in [0.05, 0.1) is 5.60 Å². The van der Waals surface area contributed by atoms with Gasteiger partial charge in [-0.15, -0.1) is 0 Å².